The zero-order valence-electron chi connectivity index (χ0n) is 6.57. The fourth-order valence-electron chi connectivity index (χ4n) is 1.37. The van der Waals surface area contributed by atoms with E-state index >= 15 is 0 Å². The van der Waals surface area contributed by atoms with E-state index in [9.17, 15) is 5.11 Å². The van der Waals surface area contributed by atoms with Gasteiger partial charge in [-0.3, -0.25) is 0 Å². The van der Waals surface area contributed by atoms with E-state index in [1.165, 1.54) is 6.07 Å². The lowest BCUT2D eigenvalue weighted by molar-refractivity contribution is 0.403. The SMILES string of the molecule is N[C@H]1C[C@@H]1c1ccc(O)c(O)c1. The van der Waals surface area contributed by atoms with Gasteiger partial charge in [0.2, 0.25) is 0 Å². The fourth-order valence-corrected chi connectivity index (χ4v) is 1.37. The lowest BCUT2D eigenvalue weighted by Gasteiger charge is -2.01. The van der Waals surface area contributed by atoms with Gasteiger partial charge >= 0.3 is 0 Å². The molecule has 12 heavy (non-hydrogen) atoms. The molecular weight excluding hydrogens is 154 g/mol. The van der Waals surface area contributed by atoms with Gasteiger partial charge in [0.05, 0.1) is 0 Å². The van der Waals surface area contributed by atoms with Gasteiger partial charge in [0, 0.05) is 12.0 Å². The average molecular weight is 165 g/mol. The first-order valence-electron chi connectivity index (χ1n) is 3.96. The number of phenols is 2. The smallest absolute Gasteiger partial charge is 0.157 e. The topological polar surface area (TPSA) is 66.5 Å². The second-order valence-electron chi connectivity index (χ2n) is 3.25. The molecule has 4 N–H and O–H groups in total. The molecule has 0 aliphatic heterocycles. The van der Waals surface area contributed by atoms with Gasteiger partial charge in [-0.1, -0.05) is 6.07 Å². The van der Waals surface area contributed by atoms with Crippen molar-refractivity contribution in [2.75, 3.05) is 0 Å². The molecule has 0 unspecified atom stereocenters. The lowest BCUT2D eigenvalue weighted by Crippen LogP contribution is -2.00. The maximum Gasteiger partial charge on any atom is 0.157 e. The number of benzene rings is 1. The van der Waals surface area contributed by atoms with E-state index in [-0.39, 0.29) is 17.5 Å². The first-order chi connectivity index (χ1) is 5.68. The predicted octanol–water partition coefficient (Wildman–Crippen LogP) is 0.912. The zero-order valence-corrected chi connectivity index (χ0v) is 6.57. The molecule has 2 rings (SSSR count). The molecule has 64 valence electrons. The molecule has 3 heteroatoms. The van der Waals surface area contributed by atoms with Crippen molar-refractivity contribution in [2.45, 2.75) is 18.4 Å². The number of nitrogens with two attached hydrogens (primary N) is 1. The standard InChI is InChI=1S/C9H11NO2/c10-7-4-6(7)5-1-2-8(11)9(12)3-5/h1-3,6-7,11-12H,4,10H2/t6-,7+/m1/s1. The summed E-state index contributed by atoms with van der Waals surface area (Å²) in [6.45, 7) is 0. The quantitative estimate of drug-likeness (QED) is 0.542. The van der Waals surface area contributed by atoms with Crippen molar-refractivity contribution in [1.82, 2.24) is 0 Å². The first-order valence-corrected chi connectivity index (χ1v) is 3.96. The monoisotopic (exact) mass is 165 g/mol. The van der Waals surface area contributed by atoms with Crippen LogP contribution in [0.5, 0.6) is 11.5 Å². The van der Waals surface area contributed by atoms with Crippen LogP contribution in [0.3, 0.4) is 0 Å². The maximum atomic E-state index is 9.17. The van der Waals surface area contributed by atoms with Crippen LogP contribution in [0.15, 0.2) is 18.2 Å². The van der Waals surface area contributed by atoms with E-state index in [2.05, 4.69) is 0 Å². The van der Waals surface area contributed by atoms with E-state index in [0.717, 1.165) is 12.0 Å². The number of aromatic hydroxyl groups is 2. The summed E-state index contributed by atoms with van der Waals surface area (Å²) < 4.78 is 0. The van der Waals surface area contributed by atoms with E-state index in [0.29, 0.717) is 5.92 Å². The van der Waals surface area contributed by atoms with Gasteiger partial charge in [0.15, 0.2) is 11.5 Å². The molecule has 1 fully saturated rings. The van der Waals surface area contributed by atoms with E-state index in [1.54, 1.807) is 12.1 Å². The summed E-state index contributed by atoms with van der Waals surface area (Å²) in [4.78, 5) is 0. The van der Waals surface area contributed by atoms with E-state index < -0.39 is 0 Å². The van der Waals surface area contributed by atoms with Crippen LogP contribution in [-0.4, -0.2) is 16.3 Å². The van der Waals surface area contributed by atoms with Crippen LogP contribution in [0.1, 0.15) is 17.9 Å². The summed E-state index contributed by atoms with van der Waals surface area (Å²) in [7, 11) is 0. The second-order valence-corrected chi connectivity index (χ2v) is 3.25. The molecular formula is C9H11NO2. The summed E-state index contributed by atoms with van der Waals surface area (Å²) in [6.07, 6.45) is 0.976. The Morgan fingerprint density at radius 3 is 2.42 bits per heavy atom. The van der Waals surface area contributed by atoms with Crippen LogP contribution in [0.25, 0.3) is 0 Å². The Bertz CT molecular complexity index is 311. The minimum Gasteiger partial charge on any atom is -0.504 e. The summed E-state index contributed by atoms with van der Waals surface area (Å²) in [5.41, 5.74) is 6.65. The molecule has 1 aromatic rings. The molecule has 0 spiro atoms. The van der Waals surface area contributed by atoms with Crippen LogP contribution in [-0.2, 0) is 0 Å². The van der Waals surface area contributed by atoms with Crippen molar-refractivity contribution in [3.63, 3.8) is 0 Å². The summed E-state index contributed by atoms with van der Waals surface area (Å²) >= 11 is 0. The minimum absolute atomic E-state index is 0.0633. The molecule has 0 saturated heterocycles. The highest BCUT2D eigenvalue weighted by Crippen LogP contribution is 2.41. The van der Waals surface area contributed by atoms with Crippen molar-refractivity contribution >= 4 is 0 Å². The number of phenolic OH excluding ortho intramolecular Hbond substituents is 2. The Labute approximate surface area is 70.4 Å². The van der Waals surface area contributed by atoms with Crippen molar-refractivity contribution in [3.8, 4) is 11.5 Å². The van der Waals surface area contributed by atoms with Crippen molar-refractivity contribution in [2.24, 2.45) is 5.73 Å². The highest BCUT2D eigenvalue weighted by atomic mass is 16.3. The van der Waals surface area contributed by atoms with Gasteiger partial charge in [-0.15, -0.1) is 0 Å². The number of hydrogen-bond donors (Lipinski definition) is 3. The van der Waals surface area contributed by atoms with Gasteiger partial charge < -0.3 is 15.9 Å². The molecule has 1 saturated carbocycles. The van der Waals surface area contributed by atoms with Crippen molar-refractivity contribution in [3.05, 3.63) is 23.8 Å². The average Bonchev–Trinajstić information content (AvgIpc) is 2.73. The molecule has 0 amide bonds. The van der Waals surface area contributed by atoms with Crippen LogP contribution in [0, 0.1) is 0 Å². The predicted molar refractivity (Wildman–Crippen MR) is 45.1 cm³/mol. The molecule has 3 nitrogen and oxygen atoms in total. The third kappa shape index (κ3) is 1.12. The molecule has 0 radical (unpaired) electrons. The Morgan fingerprint density at radius 1 is 1.25 bits per heavy atom. The zero-order chi connectivity index (χ0) is 8.72. The van der Waals surface area contributed by atoms with Gasteiger partial charge in [-0.05, 0) is 24.1 Å². The fraction of sp³-hybridized carbons (Fsp3) is 0.333. The third-order valence-electron chi connectivity index (χ3n) is 2.27. The summed E-state index contributed by atoms with van der Waals surface area (Å²) in [5.74, 6) is 0.232. The normalized spacial score (nSPS) is 27.1. The maximum absolute atomic E-state index is 9.17. The van der Waals surface area contributed by atoms with Crippen LogP contribution < -0.4 is 5.73 Å². The molecule has 0 bridgehead atoms. The number of hydrogen-bond acceptors (Lipinski definition) is 3. The van der Waals surface area contributed by atoms with Crippen LogP contribution >= 0.6 is 0 Å². The van der Waals surface area contributed by atoms with Crippen LogP contribution in [0.2, 0.25) is 0 Å². The molecule has 1 aromatic carbocycles. The lowest BCUT2D eigenvalue weighted by atomic mass is 10.1. The van der Waals surface area contributed by atoms with Gasteiger partial charge in [0.25, 0.3) is 0 Å². The molecule has 0 heterocycles. The van der Waals surface area contributed by atoms with Gasteiger partial charge in [-0.25, -0.2) is 0 Å². The molecule has 1 aliphatic carbocycles. The van der Waals surface area contributed by atoms with Crippen molar-refractivity contribution in [1.29, 1.82) is 0 Å². The molecule has 1 aliphatic rings. The Balaban J connectivity index is 2.29. The minimum atomic E-state index is -0.0760. The van der Waals surface area contributed by atoms with Gasteiger partial charge in [-0.2, -0.15) is 0 Å². The van der Waals surface area contributed by atoms with Crippen molar-refractivity contribution < 1.29 is 10.2 Å². The highest BCUT2D eigenvalue weighted by Gasteiger charge is 2.34. The second kappa shape index (κ2) is 2.38. The largest absolute Gasteiger partial charge is 0.504 e. The Morgan fingerprint density at radius 2 is 1.92 bits per heavy atom. The highest BCUT2D eigenvalue weighted by molar-refractivity contribution is 5.43. The molecule has 2 atom stereocenters. The Kier molecular flexibility index (Phi) is 1.48. The van der Waals surface area contributed by atoms with Gasteiger partial charge in [0.1, 0.15) is 0 Å². The molecule has 0 aromatic heterocycles. The first kappa shape index (κ1) is 7.43. The van der Waals surface area contributed by atoms with Crippen LogP contribution in [0.4, 0.5) is 0 Å². The van der Waals surface area contributed by atoms with E-state index in [1.807, 2.05) is 0 Å². The third-order valence-corrected chi connectivity index (χ3v) is 2.27. The van der Waals surface area contributed by atoms with E-state index in [4.69, 9.17) is 10.8 Å². The summed E-state index contributed by atoms with van der Waals surface area (Å²) in [5, 5.41) is 18.2. The Hall–Kier alpha value is -1.22. The number of rotatable bonds is 1. The summed E-state index contributed by atoms with van der Waals surface area (Å²) in [6, 6.07) is 5.10.